The van der Waals surface area contributed by atoms with Crippen LogP contribution in [-0.2, 0) is 4.74 Å². The molecule has 0 aromatic heterocycles. The summed E-state index contributed by atoms with van der Waals surface area (Å²) in [4.78, 5) is 2.67. The molecular formula is C12H25ClN2O. The van der Waals surface area contributed by atoms with Crippen LogP contribution in [0.3, 0.4) is 0 Å². The van der Waals surface area contributed by atoms with Crippen LogP contribution in [0.2, 0.25) is 0 Å². The van der Waals surface area contributed by atoms with E-state index in [-0.39, 0.29) is 12.4 Å². The highest BCUT2D eigenvalue weighted by Gasteiger charge is 2.39. The number of hydrogen-bond donors (Lipinski definition) is 1. The summed E-state index contributed by atoms with van der Waals surface area (Å²) in [5, 5.41) is 3.57. The zero-order chi connectivity index (χ0) is 10.6. The van der Waals surface area contributed by atoms with Gasteiger partial charge in [0.2, 0.25) is 0 Å². The minimum Gasteiger partial charge on any atom is -0.383 e. The van der Waals surface area contributed by atoms with Crippen LogP contribution in [0, 0.1) is 0 Å². The van der Waals surface area contributed by atoms with Crippen LogP contribution in [0.5, 0.6) is 0 Å². The Bertz CT molecular complexity index is 187. The van der Waals surface area contributed by atoms with Gasteiger partial charge in [-0.05, 0) is 12.8 Å². The van der Waals surface area contributed by atoms with Crippen LogP contribution in [-0.4, -0.2) is 50.3 Å². The molecule has 0 amide bonds. The maximum atomic E-state index is 5.22. The lowest BCUT2D eigenvalue weighted by Crippen LogP contribution is -2.62. The van der Waals surface area contributed by atoms with E-state index in [2.05, 4.69) is 10.2 Å². The van der Waals surface area contributed by atoms with Crippen LogP contribution in [0.15, 0.2) is 0 Å². The Kier molecular flexibility index (Phi) is 6.05. The number of nitrogens with one attached hydrogen (secondary N) is 1. The van der Waals surface area contributed by atoms with Crippen molar-refractivity contribution >= 4 is 12.4 Å². The lowest BCUT2D eigenvalue weighted by molar-refractivity contribution is 0.00964. The molecule has 0 aromatic carbocycles. The van der Waals surface area contributed by atoms with E-state index >= 15 is 0 Å². The van der Waals surface area contributed by atoms with E-state index in [0.717, 1.165) is 19.7 Å². The monoisotopic (exact) mass is 248 g/mol. The van der Waals surface area contributed by atoms with Gasteiger partial charge in [-0.3, -0.25) is 4.90 Å². The molecule has 1 heterocycles. The highest BCUT2D eigenvalue weighted by atomic mass is 35.5. The maximum absolute atomic E-state index is 5.22. The van der Waals surface area contributed by atoms with Crippen molar-refractivity contribution in [1.82, 2.24) is 10.2 Å². The summed E-state index contributed by atoms with van der Waals surface area (Å²) in [6, 6.07) is 0. The maximum Gasteiger partial charge on any atom is 0.0589 e. The second-order valence-electron chi connectivity index (χ2n) is 4.94. The van der Waals surface area contributed by atoms with E-state index in [1.54, 1.807) is 7.11 Å². The van der Waals surface area contributed by atoms with E-state index in [0.29, 0.717) is 5.54 Å². The van der Waals surface area contributed by atoms with E-state index in [9.17, 15) is 0 Å². The first-order valence-corrected chi connectivity index (χ1v) is 6.32. The van der Waals surface area contributed by atoms with Gasteiger partial charge in [-0.1, -0.05) is 19.3 Å². The molecule has 1 saturated heterocycles. The Morgan fingerprint density at radius 1 is 1.25 bits per heavy atom. The zero-order valence-electron chi connectivity index (χ0n) is 10.3. The van der Waals surface area contributed by atoms with Gasteiger partial charge in [0.05, 0.1) is 6.61 Å². The second-order valence-corrected chi connectivity index (χ2v) is 4.94. The Morgan fingerprint density at radius 3 is 2.69 bits per heavy atom. The molecule has 2 aliphatic rings. The molecule has 2 rings (SSSR count). The predicted molar refractivity (Wildman–Crippen MR) is 69.4 cm³/mol. The Morgan fingerprint density at radius 2 is 2.00 bits per heavy atom. The summed E-state index contributed by atoms with van der Waals surface area (Å²) >= 11 is 0. The van der Waals surface area contributed by atoms with Crippen LogP contribution in [0.4, 0.5) is 0 Å². The van der Waals surface area contributed by atoms with Gasteiger partial charge < -0.3 is 10.1 Å². The molecule has 1 aliphatic carbocycles. The molecular weight excluding hydrogens is 224 g/mol. The normalized spacial score (nSPS) is 25.3. The van der Waals surface area contributed by atoms with Gasteiger partial charge >= 0.3 is 0 Å². The Hall–Kier alpha value is 0.170. The summed E-state index contributed by atoms with van der Waals surface area (Å²) in [7, 11) is 1.80. The van der Waals surface area contributed by atoms with Gasteiger partial charge in [-0.2, -0.15) is 0 Å². The predicted octanol–water partition coefficient (Wildman–Crippen LogP) is 1.66. The third-order valence-corrected chi connectivity index (χ3v) is 4.03. The van der Waals surface area contributed by atoms with Crippen molar-refractivity contribution in [3.05, 3.63) is 0 Å². The molecule has 3 nitrogen and oxygen atoms in total. The third-order valence-electron chi connectivity index (χ3n) is 4.03. The Balaban J connectivity index is 0.00000128. The largest absolute Gasteiger partial charge is 0.383 e. The first-order chi connectivity index (χ1) is 7.37. The van der Waals surface area contributed by atoms with Crippen LogP contribution < -0.4 is 5.32 Å². The average molecular weight is 249 g/mol. The minimum atomic E-state index is 0. The quantitative estimate of drug-likeness (QED) is 0.822. The standard InChI is InChI=1S/C12H24N2O.ClH/c1-15-10-9-14-8-7-13-11-12(14)5-3-2-4-6-12;/h13H,2-11H2,1H3;1H. The van der Waals surface area contributed by atoms with Gasteiger partial charge in [0, 0.05) is 38.8 Å². The summed E-state index contributed by atoms with van der Waals surface area (Å²) in [5.74, 6) is 0. The number of hydrogen-bond acceptors (Lipinski definition) is 3. The topological polar surface area (TPSA) is 24.5 Å². The van der Waals surface area contributed by atoms with Gasteiger partial charge in [-0.25, -0.2) is 0 Å². The summed E-state index contributed by atoms with van der Waals surface area (Å²) in [6.45, 7) is 5.52. The van der Waals surface area contributed by atoms with Crippen molar-refractivity contribution in [2.24, 2.45) is 0 Å². The van der Waals surface area contributed by atoms with Crippen LogP contribution in [0.1, 0.15) is 32.1 Å². The number of piperazine rings is 1. The lowest BCUT2D eigenvalue weighted by atomic mass is 9.79. The molecule has 96 valence electrons. The SMILES string of the molecule is COCCN1CCNCC12CCCCC2.Cl. The molecule has 1 spiro atoms. The number of rotatable bonds is 3. The number of methoxy groups -OCH3 is 1. The molecule has 1 aliphatic heterocycles. The third kappa shape index (κ3) is 3.10. The van der Waals surface area contributed by atoms with E-state index < -0.39 is 0 Å². The second kappa shape index (κ2) is 6.80. The van der Waals surface area contributed by atoms with Gasteiger partial charge in [0.15, 0.2) is 0 Å². The zero-order valence-corrected chi connectivity index (χ0v) is 11.2. The summed E-state index contributed by atoms with van der Waals surface area (Å²) in [5.41, 5.74) is 0.467. The molecule has 1 N–H and O–H groups in total. The molecule has 1 saturated carbocycles. The minimum absolute atomic E-state index is 0. The average Bonchev–Trinajstić information content (AvgIpc) is 2.29. The molecule has 16 heavy (non-hydrogen) atoms. The summed E-state index contributed by atoms with van der Waals surface area (Å²) in [6.07, 6.45) is 7.00. The number of ether oxygens (including phenoxy) is 1. The summed E-state index contributed by atoms with van der Waals surface area (Å²) < 4.78 is 5.22. The fourth-order valence-electron chi connectivity index (χ4n) is 3.14. The fourth-order valence-corrected chi connectivity index (χ4v) is 3.14. The number of halogens is 1. The smallest absolute Gasteiger partial charge is 0.0589 e. The van der Waals surface area contributed by atoms with E-state index in [1.807, 2.05) is 0 Å². The molecule has 4 heteroatoms. The van der Waals surface area contributed by atoms with Crippen LogP contribution in [0.25, 0.3) is 0 Å². The van der Waals surface area contributed by atoms with Gasteiger partial charge in [0.1, 0.15) is 0 Å². The van der Waals surface area contributed by atoms with Crippen molar-refractivity contribution in [2.75, 3.05) is 39.9 Å². The highest BCUT2D eigenvalue weighted by molar-refractivity contribution is 5.85. The molecule has 0 radical (unpaired) electrons. The van der Waals surface area contributed by atoms with Crippen molar-refractivity contribution < 1.29 is 4.74 Å². The van der Waals surface area contributed by atoms with Crippen molar-refractivity contribution in [1.29, 1.82) is 0 Å². The highest BCUT2D eigenvalue weighted by Crippen LogP contribution is 2.34. The molecule has 0 atom stereocenters. The van der Waals surface area contributed by atoms with Crippen molar-refractivity contribution in [3.8, 4) is 0 Å². The van der Waals surface area contributed by atoms with Crippen LogP contribution >= 0.6 is 12.4 Å². The first kappa shape index (κ1) is 14.2. The van der Waals surface area contributed by atoms with Crippen molar-refractivity contribution in [2.45, 2.75) is 37.6 Å². The van der Waals surface area contributed by atoms with E-state index in [4.69, 9.17) is 4.74 Å². The van der Waals surface area contributed by atoms with Gasteiger partial charge in [0.25, 0.3) is 0 Å². The molecule has 0 aromatic rings. The molecule has 2 fully saturated rings. The number of nitrogens with zero attached hydrogens (tertiary/aromatic N) is 1. The van der Waals surface area contributed by atoms with E-state index in [1.165, 1.54) is 45.2 Å². The fraction of sp³-hybridized carbons (Fsp3) is 1.00. The lowest BCUT2D eigenvalue weighted by Gasteiger charge is -2.50. The van der Waals surface area contributed by atoms with Crippen molar-refractivity contribution in [3.63, 3.8) is 0 Å². The first-order valence-electron chi connectivity index (χ1n) is 6.32. The van der Waals surface area contributed by atoms with Gasteiger partial charge in [-0.15, -0.1) is 12.4 Å². The molecule has 0 bridgehead atoms. The Labute approximate surface area is 105 Å². The molecule has 0 unspecified atom stereocenters.